The van der Waals surface area contributed by atoms with Gasteiger partial charge in [0.1, 0.15) is 0 Å². The lowest BCUT2D eigenvalue weighted by Crippen LogP contribution is -2.02. The van der Waals surface area contributed by atoms with E-state index in [0.717, 1.165) is 18.7 Å². The van der Waals surface area contributed by atoms with Gasteiger partial charge in [0.2, 0.25) is 0 Å². The lowest BCUT2D eigenvalue weighted by Gasteiger charge is -2.10. The van der Waals surface area contributed by atoms with Crippen LogP contribution in [0.5, 0.6) is 0 Å². The highest BCUT2D eigenvalue weighted by Crippen LogP contribution is 2.35. The number of carboxylic acid groups (broad SMARTS) is 1. The summed E-state index contributed by atoms with van der Waals surface area (Å²) in [7, 11) is 0. The van der Waals surface area contributed by atoms with Gasteiger partial charge in [-0.15, -0.1) is 0 Å². The van der Waals surface area contributed by atoms with Crippen LogP contribution in [0.15, 0.2) is 18.2 Å². The molecular weight excluding hydrogens is 274 g/mol. The third kappa shape index (κ3) is 4.75. The van der Waals surface area contributed by atoms with Crippen LogP contribution in [0, 0.1) is 0 Å². The van der Waals surface area contributed by atoms with E-state index in [1.54, 1.807) is 6.07 Å². The molecule has 0 fully saturated rings. The number of unbranched alkanes of at least 4 members (excludes halogenated alkanes) is 7. The maximum Gasteiger partial charge on any atom is 0.335 e. The van der Waals surface area contributed by atoms with Crippen LogP contribution in [0.25, 0.3) is 0 Å². The van der Waals surface area contributed by atoms with Crippen molar-refractivity contribution in [3.8, 4) is 0 Å². The van der Waals surface area contributed by atoms with E-state index >= 15 is 0 Å². The predicted octanol–water partition coefficient (Wildman–Crippen LogP) is 5.42. The molecule has 3 nitrogen and oxygen atoms in total. The maximum atomic E-state index is 11.1. The molecule has 0 amide bonds. The molecule has 122 valence electrons. The standard InChI is InChI=1S/C19H29NO2/c1-2-3-4-5-6-7-8-9-10-16-14-20-18-12-11-15(19(21)22)13-17(16)18/h11-13,16,20H,2-10,14H2,1H3,(H,21,22). The van der Waals surface area contributed by atoms with Crippen molar-refractivity contribution < 1.29 is 9.90 Å². The van der Waals surface area contributed by atoms with Crippen molar-refractivity contribution in [2.45, 2.75) is 70.6 Å². The number of hydrogen-bond acceptors (Lipinski definition) is 2. The van der Waals surface area contributed by atoms with Gasteiger partial charge in [-0.05, 0) is 30.2 Å². The fourth-order valence-electron chi connectivity index (χ4n) is 3.32. The Morgan fingerprint density at radius 1 is 1.14 bits per heavy atom. The molecule has 0 saturated heterocycles. The molecule has 0 saturated carbocycles. The smallest absolute Gasteiger partial charge is 0.335 e. The topological polar surface area (TPSA) is 49.3 Å². The highest BCUT2D eigenvalue weighted by atomic mass is 16.4. The molecule has 0 bridgehead atoms. The van der Waals surface area contributed by atoms with Crippen molar-refractivity contribution in [1.29, 1.82) is 0 Å². The summed E-state index contributed by atoms with van der Waals surface area (Å²) in [6, 6.07) is 5.45. The van der Waals surface area contributed by atoms with E-state index in [9.17, 15) is 4.79 Å². The molecule has 0 aliphatic carbocycles. The maximum absolute atomic E-state index is 11.1. The molecule has 1 atom stereocenters. The van der Waals surface area contributed by atoms with Crippen LogP contribution in [0.2, 0.25) is 0 Å². The van der Waals surface area contributed by atoms with Gasteiger partial charge in [-0.1, -0.05) is 58.3 Å². The van der Waals surface area contributed by atoms with Gasteiger partial charge in [0.15, 0.2) is 0 Å². The second kappa shape index (κ2) is 8.82. The van der Waals surface area contributed by atoms with E-state index in [-0.39, 0.29) is 0 Å². The molecular formula is C19H29NO2. The number of fused-ring (bicyclic) bond motifs is 1. The van der Waals surface area contributed by atoms with Crippen LogP contribution in [0.3, 0.4) is 0 Å². The van der Waals surface area contributed by atoms with Gasteiger partial charge in [-0.25, -0.2) is 4.79 Å². The first-order valence-electron chi connectivity index (χ1n) is 8.83. The minimum absolute atomic E-state index is 0.406. The van der Waals surface area contributed by atoms with Gasteiger partial charge < -0.3 is 10.4 Å². The zero-order valence-electron chi connectivity index (χ0n) is 13.7. The molecule has 1 aromatic rings. The summed E-state index contributed by atoms with van der Waals surface area (Å²) >= 11 is 0. The third-order valence-corrected chi connectivity index (χ3v) is 4.68. The molecule has 2 N–H and O–H groups in total. The van der Waals surface area contributed by atoms with Gasteiger partial charge in [-0.2, -0.15) is 0 Å². The molecule has 2 rings (SSSR count). The monoisotopic (exact) mass is 303 g/mol. The lowest BCUT2D eigenvalue weighted by atomic mass is 9.93. The normalized spacial score (nSPS) is 16.3. The van der Waals surface area contributed by atoms with Gasteiger partial charge in [0, 0.05) is 18.2 Å². The largest absolute Gasteiger partial charge is 0.478 e. The minimum Gasteiger partial charge on any atom is -0.478 e. The zero-order valence-corrected chi connectivity index (χ0v) is 13.7. The number of nitrogens with one attached hydrogen (secondary N) is 1. The number of benzene rings is 1. The Morgan fingerprint density at radius 3 is 2.50 bits per heavy atom. The summed E-state index contributed by atoms with van der Waals surface area (Å²) in [5.41, 5.74) is 2.72. The van der Waals surface area contributed by atoms with Crippen molar-refractivity contribution >= 4 is 11.7 Å². The van der Waals surface area contributed by atoms with E-state index in [4.69, 9.17) is 5.11 Å². The zero-order chi connectivity index (χ0) is 15.8. The SMILES string of the molecule is CCCCCCCCCCC1CNc2ccc(C(=O)O)cc21. The Labute approximate surface area is 134 Å². The van der Waals surface area contributed by atoms with Crippen molar-refractivity contribution in [3.05, 3.63) is 29.3 Å². The summed E-state index contributed by atoms with van der Waals surface area (Å²) in [6.45, 7) is 3.21. The first-order valence-corrected chi connectivity index (χ1v) is 8.83. The van der Waals surface area contributed by atoms with Crippen LogP contribution < -0.4 is 5.32 Å². The Hall–Kier alpha value is -1.51. The summed E-state index contributed by atoms with van der Waals surface area (Å²) in [4.78, 5) is 11.1. The van der Waals surface area contributed by atoms with E-state index in [1.165, 1.54) is 56.9 Å². The van der Waals surface area contributed by atoms with Crippen LogP contribution in [-0.2, 0) is 0 Å². The number of aromatic carboxylic acids is 1. The summed E-state index contributed by atoms with van der Waals surface area (Å²) in [5.74, 6) is -0.352. The van der Waals surface area contributed by atoms with Crippen molar-refractivity contribution in [2.75, 3.05) is 11.9 Å². The van der Waals surface area contributed by atoms with E-state index < -0.39 is 5.97 Å². The van der Waals surface area contributed by atoms with Crippen molar-refractivity contribution in [1.82, 2.24) is 0 Å². The molecule has 1 unspecified atom stereocenters. The number of anilines is 1. The molecule has 22 heavy (non-hydrogen) atoms. The van der Waals surface area contributed by atoms with Gasteiger partial charge >= 0.3 is 5.97 Å². The van der Waals surface area contributed by atoms with Crippen LogP contribution in [-0.4, -0.2) is 17.6 Å². The Balaban J connectivity index is 1.70. The summed E-state index contributed by atoms with van der Waals surface area (Å²) < 4.78 is 0. The summed E-state index contributed by atoms with van der Waals surface area (Å²) in [5, 5.41) is 12.5. The van der Waals surface area contributed by atoms with Crippen molar-refractivity contribution in [2.24, 2.45) is 0 Å². The molecule has 0 radical (unpaired) electrons. The lowest BCUT2D eigenvalue weighted by molar-refractivity contribution is 0.0697. The fraction of sp³-hybridized carbons (Fsp3) is 0.632. The molecule has 3 heteroatoms. The van der Waals surface area contributed by atoms with Crippen LogP contribution in [0.1, 0.15) is 86.6 Å². The van der Waals surface area contributed by atoms with Crippen LogP contribution >= 0.6 is 0 Å². The number of rotatable bonds is 10. The highest BCUT2D eigenvalue weighted by molar-refractivity contribution is 5.88. The second-order valence-corrected chi connectivity index (χ2v) is 6.45. The summed E-state index contributed by atoms with van der Waals surface area (Å²) in [6.07, 6.45) is 11.9. The predicted molar refractivity (Wildman–Crippen MR) is 91.9 cm³/mol. The molecule has 0 aromatic heterocycles. The molecule has 1 aliphatic rings. The number of hydrogen-bond donors (Lipinski definition) is 2. The Bertz CT molecular complexity index is 484. The first kappa shape index (κ1) is 16.9. The molecule has 1 heterocycles. The van der Waals surface area contributed by atoms with Gasteiger partial charge in [0.05, 0.1) is 5.56 Å². The highest BCUT2D eigenvalue weighted by Gasteiger charge is 2.22. The van der Waals surface area contributed by atoms with E-state index in [1.807, 2.05) is 12.1 Å². The van der Waals surface area contributed by atoms with Crippen LogP contribution in [0.4, 0.5) is 5.69 Å². The molecule has 1 aliphatic heterocycles. The Morgan fingerprint density at radius 2 is 1.82 bits per heavy atom. The van der Waals surface area contributed by atoms with Crippen molar-refractivity contribution in [3.63, 3.8) is 0 Å². The number of carbonyl (C=O) groups is 1. The molecule has 1 aromatic carbocycles. The number of carboxylic acids is 1. The van der Waals surface area contributed by atoms with Gasteiger partial charge in [0.25, 0.3) is 0 Å². The minimum atomic E-state index is -0.833. The molecule has 0 spiro atoms. The third-order valence-electron chi connectivity index (χ3n) is 4.68. The van der Waals surface area contributed by atoms with E-state index in [0.29, 0.717) is 11.5 Å². The average Bonchev–Trinajstić information content (AvgIpc) is 2.92. The van der Waals surface area contributed by atoms with E-state index in [2.05, 4.69) is 12.2 Å². The first-order chi connectivity index (χ1) is 10.7. The average molecular weight is 303 g/mol. The van der Waals surface area contributed by atoms with Gasteiger partial charge in [-0.3, -0.25) is 0 Å². The fourth-order valence-corrected chi connectivity index (χ4v) is 3.32. The second-order valence-electron chi connectivity index (χ2n) is 6.45. The quantitative estimate of drug-likeness (QED) is 0.567. The Kier molecular flexibility index (Phi) is 6.75.